The van der Waals surface area contributed by atoms with Gasteiger partial charge in [-0.2, -0.15) is 0 Å². The molecule has 0 radical (unpaired) electrons. The van der Waals surface area contributed by atoms with Crippen molar-refractivity contribution in [2.24, 2.45) is 0 Å². The van der Waals surface area contributed by atoms with Crippen LogP contribution >= 0.6 is 0 Å². The largest absolute Gasteiger partial charge is 0.365 e. The van der Waals surface area contributed by atoms with Gasteiger partial charge in [0, 0.05) is 31.5 Å². The number of anilines is 1. The highest BCUT2D eigenvalue weighted by Gasteiger charge is 2.21. The van der Waals surface area contributed by atoms with Crippen LogP contribution in [0.4, 0.5) is 15.8 Å². The molecule has 122 valence electrons. The van der Waals surface area contributed by atoms with Crippen LogP contribution in [0.3, 0.4) is 0 Å². The van der Waals surface area contributed by atoms with Gasteiger partial charge in [0.05, 0.1) is 9.82 Å². The first kappa shape index (κ1) is 16.9. The number of benzene rings is 2. The van der Waals surface area contributed by atoms with Crippen molar-refractivity contribution in [2.75, 3.05) is 18.2 Å². The van der Waals surface area contributed by atoms with E-state index in [0.29, 0.717) is 5.56 Å². The molecular formula is C15H15FN2O4S. The van der Waals surface area contributed by atoms with Crippen LogP contribution in [0.5, 0.6) is 0 Å². The summed E-state index contributed by atoms with van der Waals surface area (Å²) in [5, 5.41) is 11.2. The van der Waals surface area contributed by atoms with Crippen LogP contribution in [-0.2, 0) is 16.4 Å². The van der Waals surface area contributed by atoms with E-state index >= 15 is 0 Å². The van der Waals surface area contributed by atoms with Crippen LogP contribution in [0.25, 0.3) is 0 Å². The summed E-state index contributed by atoms with van der Waals surface area (Å²) in [4.78, 5) is 12.0. The molecule has 2 aromatic rings. The number of nitro benzene ring substituents is 1. The van der Waals surface area contributed by atoms with E-state index in [4.69, 9.17) is 0 Å². The normalized spacial score (nSPS) is 11.3. The first-order valence-electron chi connectivity index (χ1n) is 6.63. The maximum absolute atomic E-state index is 13.7. The molecule has 6 nitrogen and oxygen atoms in total. The minimum atomic E-state index is -3.55. The second-order valence-corrected chi connectivity index (χ2v) is 7.14. The highest BCUT2D eigenvalue weighted by atomic mass is 32.2. The Labute approximate surface area is 133 Å². The van der Waals surface area contributed by atoms with E-state index in [1.165, 1.54) is 23.1 Å². The molecule has 0 aliphatic carbocycles. The number of nitrogens with zero attached hydrogens (tertiary/aromatic N) is 2. The number of rotatable bonds is 5. The number of halogens is 1. The second-order valence-electron chi connectivity index (χ2n) is 5.13. The Morgan fingerprint density at radius 1 is 1.22 bits per heavy atom. The topological polar surface area (TPSA) is 80.5 Å². The van der Waals surface area contributed by atoms with Gasteiger partial charge >= 0.3 is 0 Å². The van der Waals surface area contributed by atoms with Crippen molar-refractivity contribution in [3.05, 3.63) is 64.0 Å². The van der Waals surface area contributed by atoms with Gasteiger partial charge in [-0.15, -0.1) is 0 Å². The quantitative estimate of drug-likeness (QED) is 0.618. The SMILES string of the molecule is CN(Cc1ccccc1F)c1ccc(S(C)(=O)=O)cc1[N+](=O)[O-]. The number of sulfone groups is 1. The van der Waals surface area contributed by atoms with Crippen LogP contribution < -0.4 is 4.90 Å². The molecule has 23 heavy (non-hydrogen) atoms. The fraction of sp³-hybridized carbons (Fsp3) is 0.200. The molecule has 0 fully saturated rings. The van der Waals surface area contributed by atoms with Crippen LogP contribution in [-0.4, -0.2) is 26.6 Å². The van der Waals surface area contributed by atoms with Crippen molar-refractivity contribution in [1.29, 1.82) is 0 Å². The second kappa shape index (κ2) is 6.33. The number of hydrogen-bond acceptors (Lipinski definition) is 5. The van der Waals surface area contributed by atoms with E-state index in [9.17, 15) is 22.9 Å². The highest BCUT2D eigenvalue weighted by molar-refractivity contribution is 7.90. The fourth-order valence-electron chi connectivity index (χ4n) is 2.17. The average Bonchev–Trinajstić information content (AvgIpc) is 2.48. The molecule has 0 spiro atoms. The van der Waals surface area contributed by atoms with Gasteiger partial charge in [-0.05, 0) is 18.2 Å². The van der Waals surface area contributed by atoms with Crippen molar-refractivity contribution in [3.63, 3.8) is 0 Å². The van der Waals surface area contributed by atoms with Gasteiger partial charge in [0.2, 0.25) is 0 Å². The van der Waals surface area contributed by atoms with E-state index < -0.39 is 20.6 Å². The minimum absolute atomic E-state index is 0.117. The van der Waals surface area contributed by atoms with Crippen molar-refractivity contribution < 1.29 is 17.7 Å². The van der Waals surface area contributed by atoms with Gasteiger partial charge in [-0.1, -0.05) is 18.2 Å². The maximum atomic E-state index is 13.7. The summed E-state index contributed by atoms with van der Waals surface area (Å²) in [6.07, 6.45) is 0.981. The van der Waals surface area contributed by atoms with Crippen LogP contribution in [0.15, 0.2) is 47.4 Å². The molecule has 0 unspecified atom stereocenters. The summed E-state index contributed by atoms with van der Waals surface area (Å²) < 4.78 is 36.8. The Balaban J connectivity index is 2.42. The molecule has 0 bridgehead atoms. The van der Waals surface area contributed by atoms with Crippen LogP contribution in [0, 0.1) is 15.9 Å². The Bertz CT molecular complexity index is 852. The van der Waals surface area contributed by atoms with Crippen molar-refractivity contribution in [2.45, 2.75) is 11.4 Å². The summed E-state index contributed by atoms with van der Waals surface area (Å²) in [6, 6.07) is 9.80. The van der Waals surface area contributed by atoms with Gasteiger partial charge in [-0.25, -0.2) is 12.8 Å². The Hall–Kier alpha value is -2.48. The Morgan fingerprint density at radius 2 is 1.87 bits per heavy atom. The van der Waals surface area contributed by atoms with E-state index in [-0.39, 0.29) is 22.8 Å². The molecule has 0 N–H and O–H groups in total. The molecule has 0 amide bonds. The lowest BCUT2D eigenvalue weighted by molar-refractivity contribution is -0.384. The molecule has 8 heteroatoms. The van der Waals surface area contributed by atoms with E-state index in [1.54, 1.807) is 25.2 Å². The molecule has 0 heterocycles. The smallest absolute Gasteiger partial charge is 0.293 e. The van der Waals surface area contributed by atoms with Crippen molar-refractivity contribution in [1.82, 2.24) is 0 Å². The molecule has 0 saturated heterocycles. The third-order valence-electron chi connectivity index (χ3n) is 3.35. The molecular weight excluding hydrogens is 323 g/mol. The molecule has 2 aromatic carbocycles. The van der Waals surface area contributed by atoms with Gasteiger partial charge < -0.3 is 4.90 Å². The van der Waals surface area contributed by atoms with Gasteiger partial charge in [0.25, 0.3) is 5.69 Å². The molecule has 0 aromatic heterocycles. The molecule has 0 aliphatic rings. The summed E-state index contributed by atoms with van der Waals surface area (Å²) in [6.45, 7) is 0.117. The lowest BCUT2D eigenvalue weighted by Crippen LogP contribution is -2.18. The van der Waals surface area contributed by atoms with Gasteiger partial charge in [0.15, 0.2) is 9.84 Å². The third kappa shape index (κ3) is 3.84. The molecule has 0 atom stereocenters. The van der Waals surface area contributed by atoms with Crippen molar-refractivity contribution >= 4 is 21.2 Å². The standard InChI is InChI=1S/C15H15FN2O4S/c1-17(10-11-5-3-4-6-13(11)16)14-8-7-12(23(2,21)22)9-15(14)18(19)20/h3-9H,10H2,1-2H3. The summed E-state index contributed by atoms with van der Waals surface area (Å²) in [7, 11) is -1.97. The first-order chi connectivity index (χ1) is 10.7. The molecule has 0 aliphatic heterocycles. The Kier molecular flexibility index (Phi) is 4.65. The monoisotopic (exact) mass is 338 g/mol. The predicted octanol–water partition coefficient (Wildman–Crippen LogP) is 2.77. The fourth-order valence-corrected chi connectivity index (χ4v) is 2.81. The molecule has 0 saturated carbocycles. The zero-order valence-corrected chi connectivity index (χ0v) is 13.4. The number of nitro groups is 1. The predicted molar refractivity (Wildman–Crippen MR) is 84.7 cm³/mol. The van der Waals surface area contributed by atoms with E-state index in [0.717, 1.165) is 12.3 Å². The summed E-state index contributed by atoms with van der Waals surface area (Å²) in [5.41, 5.74) is 0.258. The first-order valence-corrected chi connectivity index (χ1v) is 8.52. The summed E-state index contributed by atoms with van der Waals surface area (Å²) >= 11 is 0. The van der Waals surface area contributed by atoms with Crippen LogP contribution in [0.1, 0.15) is 5.56 Å². The molecule has 2 rings (SSSR count). The van der Waals surface area contributed by atoms with Crippen molar-refractivity contribution in [3.8, 4) is 0 Å². The lowest BCUT2D eigenvalue weighted by Gasteiger charge is -2.20. The highest BCUT2D eigenvalue weighted by Crippen LogP contribution is 2.31. The third-order valence-corrected chi connectivity index (χ3v) is 4.46. The van der Waals surface area contributed by atoms with Gasteiger partial charge in [-0.3, -0.25) is 10.1 Å². The van der Waals surface area contributed by atoms with Gasteiger partial charge in [0.1, 0.15) is 11.5 Å². The maximum Gasteiger partial charge on any atom is 0.293 e. The van der Waals surface area contributed by atoms with E-state index in [2.05, 4.69) is 0 Å². The van der Waals surface area contributed by atoms with Crippen LogP contribution in [0.2, 0.25) is 0 Å². The summed E-state index contributed by atoms with van der Waals surface area (Å²) in [5.74, 6) is -0.408. The Morgan fingerprint density at radius 3 is 2.43 bits per heavy atom. The average molecular weight is 338 g/mol. The van der Waals surface area contributed by atoms with E-state index in [1.807, 2.05) is 0 Å². The minimum Gasteiger partial charge on any atom is -0.365 e. The zero-order chi connectivity index (χ0) is 17.2. The zero-order valence-electron chi connectivity index (χ0n) is 12.6. The lowest BCUT2D eigenvalue weighted by atomic mass is 10.2. The number of hydrogen-bond donors (Lipinski definition) is 0.